The number of hydrogen-bond donors (Lipinski definition) is 2. The molecule has 0 aliphatic heterocycles. The van der Waals surface area contributed by atoms with E-state index < -0.39 is 5.63 Å². The Hall–Kier alpha value is -4.00. The molecule has 2 heterocycles. The van der Waals surface area contributed by atoms with Crippen LogP contribution in [0.5, 0.6) is 11.5 Å². The highest BCUT2D eigenvalue weighted by Crippen LogP contribution is 2.25. The molecule has 4 rings (SSSR count). The van der Waals surface area contributed by atoms with Crippen LogP contribution in [0.25, 0.3) is 21.9 Å². The molecule has 0 spiro atoms. The maximum atomic E-state index is 12.6. The Balaban J connectivity index is 1.36. The van der Waals surface area contributed by atoms with E-state index in [2.05, 4.69) is 16.9 Å². The summed E-state index contributed by atoms with van der Waals surface area (Å²) in [7, 11) is 1.64. The number of carbonyl (C=O) groups excluding carboxylic acids is 1. The summed E-state index contributed by atoms with van der Waals surface area (Å²) in [6.45, 7) is 8.48. The van der Waals surface area contributed by atoms with Crippen molar-refractivity contribution in [2.45, 2.75) is 33.1 Å². The van der Waals surface area contributed by atoms with E-state index >= 15 is 0 Å². The van der Waals surface area contributed by atoms with Crippen molar-refractivity contribution < 1.29 is 18.7 Å². The molecule has 0 saturated carbocycles. The van der Waals surface area contributed by atoms with Gasteiger partial charge in [-0.3, -0.25) is 4.79 Å². The SMILES string of the molecule is C=C(C)COc1ccc2c(C)c(CCC(=O)NCCc3c[nH]c4ccc(OC)cc34)c(=O)oc2c1. The van der Waals surface area contributed by atoms with Crippen LogP contribution in [0.2, 0.25) is 0 Å². The lowest BCUT2D eigenvalue weighted by Gasteiger charge is -2.10. The van der Waals surface area contributed by atoms with E-state index in [0.29, 0.717) is 42.9 Å². The highest BCUT2D eigenvalue weighted by molar-refractivity contribution is 5.85. The standard InChI is InChI=1S/C28H30N2O5/c1-17(2)16-34-21-5-7-22-18(3)23(28(32)35-26(22)14-21)8-10-27(31)29-12-11-19-15-30-25-9-6-20(33-4)13-24(19)25/h5-7,9,13-15,30H,1,8,10-12,16H2,2-4H3,(H,29,31). The molecule has 2 aromatic heterocycles. The number of ether oxygens (including phenoxy) is 2. The van der Waals surface area contributed by atoms with Crippen molar-refractivity contribution in [1.82, 2.24) is 10.3 Å². The molecule has 2 aromatic carbocycles. The average molecular weight is 475 g/mol. The molecule has 182 valence electrons. The van der Waals surface area contributed by atoms with Gasteiger partial charge in [0.25, 0.3) is 0 Å². The molecule has 0 radical (unpaired) electrons. The van der Waals surface area contributed by atoms with E-state index in [0.717, 1.165) is 38.7 Å². The molecule has 0 bridgehead atoms. The number of aromatic amines is 1. The molecule has 1 amide bonds. The maximum Gasteiger partial charge on any atom is 0.339 e. The monoisotopic (exact) mass is 474 g/mol. The van der Waals surface area contributed by atoms with Crippen LogP contribution in [0.1, 0.15) is 30.0 Å². The zero-order chi connectivity index (χ0) is 24.9. The molecule has 0 atom stereocenters. The number of H-pyrrole nitrogens is 1. The summed E-state index contributed by atoms with van der Waals surface area (Å²) >= 11 is 0. The fourth-order valence-corrected chi connectivity index (χ4v) is 4.11. The predicted octanol–water partition coefficient (Wildman–Crippen LogP) is 4.84. The first-order valence-electron chi connectivity index (χ1n) is 11.6. The van der Waals surface area contributed by atoms with E-state index in [1.165, 1.54) is 0 Å². The highest BCUT2D eigenvalue weighted by Gasteiger charge is 2.14. The number of amides is 1. The van der Waals surface area contributed by atoms with E-state index in [1.54, 1.807) is 13.2 Å². The van der Waals surface area contributed by atoms with E-state index in [9.17, 15) is 9.59 Å². The Morgan fingerprint density at radius 3 is 2.69 bits per heavy atom. The number of benzene rings is 2. The van der Waals surface area contributed by atoms with Crippen LogP contribution in [0.3, 0.4) is 0 Å². The fraction of sp³-hybridized carbons (Fsp3) is 0.286. The minimum absolute atomic E-state index is 0.107. The minimum Gasteiger partial charge on any atom is -0.497 e. The van der Waals surface area contributed by atoms with Gasteiger partial charge in [0.05, 0.1) is 7.11 Å². The number of nitrogens with one attached hydrogen (secondary N) is 2. The Morgan fingerprint density at radius 1 is 1.11 bits per heavy atom. The van der Waals surface area contributed by atoms with E-state index in [-0.39, 0.29) is 12.3 Å². The van der Waals surface area contributed by atoms with Gasteiger partial charge in [-0.15, -0.1) is 0 Å². The van der Waals surface area contributed by atoms with Crippen LogP contribution < -0.4 is 20.4 Å². The third kappa shape index (κ3) is 5.57. The Morgan fingerprint density at radius 2 is 1.91 bits per heavy atom. The summed E-state index contributed by atoms with van der Waals surface area (Å²) in [4.78, 5) is 28.3. The van der Waals surface area contributed by atoms with Crippen molar-refractivity contribution in [3.63, 3.8) is 0 Å². The first-order chi connectivity index (χ1) is 16.9. The lowest BCUT2D eigenvalue weighted by molar-refractivity contribution is -0.121. The first-order valence-corrected chi connectivity index (χ1v) is 11.6. The molecule has 0 fully saturated rings. The summed E-state index contributed by atoms with van der Waals surface area (Å²) in [6.07, 6.45) is 3.16. The molecule has 2 N–H and O–H groups in total. The number of methoxy groups -OCH3 is 1. The van der Waals surface area contributed by atoms with Crippen molar-refractivity contribution in [3.05, 3.63) is 81.9 Å². The van der Waals surface area contributed by atoms with Crippen LogP contribution in [-0.2, 0) is 17.6 Å². The van der Waals surface area contributed by atoms with Crippen LogP contribution in [0.4, 0.5) is 0 Å². The van der Waals surface area contributed by atoms with Crippen molar-refractivity contribution in [1.29, 1.82) is 0 Å². The zero-order valence-corrected chi connectivity index (χ0v) is 20.3. The zero-order valence-electron chi connectivity index (χ0n) is 20.3. The molecule has 0 aliphatic carbocycles. The van der Waals surface area contributed by atoms with Crippen molar-refractivity contribution >= 4 is 27.8 Å². The quantitative estimate of drug-likeness (QED) is 0.253. The lowest BCUT2D eigenvalue weighted by atomic mass is 10.0. The van der Waals surface area contributed by atoms with Crippen LogP contribution in [0.15, 0.2) is 64.0 Å². The number of hydrogen-bond acceptors (Lipinski definition) is 5. The average Bonchev–Trinajstić information content (AvgIpc) is 3.24. The van der Waals surface area contributed by atoms with Gasteiger partial charge >= 0.3 is 5.63 Å². The molecular formula is C28H30N2O5. The van der Waals surface area contributed by atoms with Crippen molar-refractivity contribution in [3.8, 4) is 11.5 Å². The third-order valence-corrected chi connectivity index (χ3v) is 6.04. The number of fused-ring (bicyclic) bond motifs is 2. The summed E-state index contributed by atoms with van der Waals surface area (Å²) in [5.74, 6) is 1.30. The minimum atomic E-state index is -0.424. The van der Waals surface area contributed by atoms with Crippen LogP contribution >= 0.6 is 0 Å². The number of carbonyl (C=O) groups is 1. The van der Waals surface area contributed by atoms with Gasteiger partial charge in [-0.1, -0.05) is 6.58 Å². The van der Waals surface area contributed by atoms with Gasteiger partial charge in [-0.25, -0.2) is 4.79 Å². The van der Waals surface area contributed by atoms with Crippen molar-refractivity contribution in [2.24, 2.45) is 0 Å². The summed E-state index contributed by atoms with van der Waals surface area (Å²) in [6, 6.07) is 11.3. The third-order valence-electron chi connectivity index (χ3n) is 6.04. The number of aryl methyl sites for hydroxylation is 1. The highest BCUT2D eigenvalue weighted by atomic mass is 16.5. The molecule has 7 heteroatoms. The predicted molar refractivity (Wildman–Crippen MR) is 137 cm³/mol. The van der Waals surface area contributed by atoms with Gasteiger partial charge in [0.1, 0.15) is 23.7 Å². The summed E-state index contributed by atoms with van der Waals surface area (Å²) < 4.78 is 16.5. The van der Waals surface area contributed by atoms with Crippen LogP contribution in [0, 0.1) is 6.92 Å². The van der Waals surface area contributed by atoms with Crippen molar-refractivity contribution in [2.75, 3.05) is 20.3 Å². The molecule has 0 unspecified atom stereocenters. The van der Waals surface area contributed by atoms with Gasteiger partial charge < -0.3 is 24.2 Å². The molecule has 35 heavy (non-hydrogen) atoms. The Kier molecular flexibility index (Phi) is 7.25. The lowest BCUT2D eigenvalue weighted by Crippen LogP contribution is -2.26. The summed E-state index contributed by atoms with van der Waals surface area (Å²) in [5.41, 5.74) is 4.42. The van der Waals surface area contributed by atoms with E-state index in [4.69, 9.17) is 13.9 Å². The second-order valence-corrected chi connectivity index (χ2v) is 8.72. The normalized spacial score (nSPS) is 11.1. The largest absolute Gasteiger partial charge is 0.497 e. The van der Waals surface area contributed by atoms with Gasteiger partial charge in [0.2, 0.25) is 5.91 Å². The molecule has 0 aliphatic rings. The maximum absolute atomic E-state index is 12.6. The number of rotatable bonds is 10. The topological polar surface area (TPSA) is 93.6 Å². The fourth-order valence-electron chi connectivity index (χ4n) is 4.11. The summed E-state index contributed by atoms with van der Waals surface area (Å²) in [5, 5.41) is 4.86. The Bertz CT molecular complexity index is 1450. The number of aromatic nitrogens is 1. The smallest absolute Gasteiger partial charge is 0.339 e. The van der Waals surface area contributed by atoms with Crippen LogP contribution in [-0.4, -0.2) is 31.2 Å². The van der Waals surface area contributed by atoms with E-state index in [1.807, 2.05) is 50.4 Å². The molecule has 7 nitrogen and oxygen atoms in total. The van der Waals surface area contributed by atoms with Gasteiger partial charge in [-0.05, 0) is 73.7 Å². The van der Waals surface area contributed by atoms with Gasteiger partial charge in [-0.2, -0.15) is 0 Å². The molecular weight excluding hydrogens is 444 g/mol. The molecule has 4 aromatic rings. The first kappa shape index (κ1) is 24.1. The second kappa shape index (κ2) is 10.5. The molecule has 0 saturated heterocycles. The van der Waals surface area contributed by atoms with Gasteiger partial charge in [0.15, 0.2) is 0 Å². The van der Waals surface area contributed by atoms with Gasteiger partial charge in [0, 0.05) is 47.1 Å². The Labute approximate surface area is 203 Å². The second-order valence-electron chi connectivity index (χ2n) is 8.72.